The van der Waals surface area contributed by atoms with Crippen molar-refractivity contribution in [2.45, 2.75) is 38.4 Å². The normalized spacial score (nSPS) is 17.3. The van der Waals surface area contributed by atoms with Crippen molar-refractivity contribution < 1.29 is 13.2 Å². The molecule has 0 unspecified atom stereocenters. The van der Waals surface area contributed by atoms with E-state index in [1.165, 1.54) is 19.4 Å². The van der Waals surface area contributed by atoms with Crippen molar-refractivity contribution in [3.63, 3.8) is 0 Å². The molecule has 0 bridgehead atoms. The van der Waals surface area contributed by atoms with Crippen LogP contribution < -0.4 is 5.32 Å². The monoisotopic (exact) mass is 245 g/mol. The zero-order chi connectivity index (χ0) is 12.2. The van der Waals surface area contributed by atoms with Gasteiger partial charge in [0.25, 0.3) is 0 Å². The fraction of sp³-hybridized carbons (Fsp3) is 0.727. The summed E-state index contributed by atoms with van der Waals surface area (Å²) in [5.74, 6) is 0. The number of carbonyl (C=O) groups excluding carboxylic acids is 1. The Hall–Kier alpha value is -0.680. The molecule has 0 aromatic rings. The van der Waals surface area contributed by atoms with Crippen molar-refractivity contribution in [2.24, 2.45) is 0 Å². The first kappa shape index (κ1) is 13.4. The Labute approximate surface area is 97.0 Å². The minimum Gasteiger partial charge on any atom is -0.313 e. The highest BCUT2D eigenvalue weighted by atomic mass is 32.2. The highest BCUT2D eigenvalue weighted by Crippen LogP contribution is 2.15. The smallest absolute Gasteiger partial charge is 0.246 e. The highest BCUT2D eigenvalue weighted by Gasteiger charge is 2.25. The van der Waals surface area contributed by atoms with Crippen LogP contribution in [0.25, 0.3) is 0 Å². The molecule has 0 fully saturated rings. The molecule has 1 aliphatic heterocycles. The highest BCUT2D eigenvalue weighted by molar-refractivity contribution is 8.06. The lowest BCUT2D eigenvalue weighted by Crippen LogP contribution is -2.24. The van der Waals surface area contributed by atoms with Crippen LogP contribution in [0, 0.1) is 0 Å². The molecule has 4 nitrogen and oxygen atoms in total. The molecule has 0 saturated heterocycles. The summed E-state index contributed by atoms with van der Waals surface area (Å²) < 4.78 is 23.0. The first-order valence-corrected chi connectivity index (χ1v) is 7.14. The van der Waals surface area contributed by atoms with Gasteiger partial charge < -0.3 is 5.32 Å². The lowest BCUT2D eigenvalue weighted by Gasteiger charge is -2.13. The molecule has 16 heavy (non-hydrogen) atoms. The second-order valence-electron chi connectivity index (χ2n) is 4.28. The molecular formula is C11H19NO3S. The van der Waals surface area contributed by atoms with Gasteiger partial charge in [-0.3, -0.25) is 4.79 Å². The van der Waals surface area contributed by atoms with Gasteiger partial charge in [0, 0.05) is 13.0 Å². The van der Waals surface area contributed by atoms with Gasteiger partial charge in [0.1, 0.15) is 0 Å². The van der Waals surface area contributed by atoms with Gasteiger partial charge in [-0.05, 0) is 33.2 Å². The predicted molar refractivity (Wildman–Crippen MR) is 63.9 cm³/mol. The molecule has 0 saturated carbocycles. The number of rotatable bonds is 4. The van der Waals surface area contributed by atoms with Gasteiger partial charge in [-0.25, -0.2) is 8.42 Å². The summed E-state index contributed by atoms with van der Waals surface area (Å²) >= 11 is 0. The first-order valence-electron chi connectivity index (χ1n) is 5.60. The summed E-state index contributed by atoms with van der Waals surface area (Å²) in [7, 11) is -3.56. The average molecular weight is 245 g/mol. The third-order valence-corrected chi connectivity index (χ3v) is 4.83. The summed E-state index contributed by atoms with van der Waals surface area (Å²) in [6.07, 6.45) is 3.65. The van der Waals surface area contributed by atoms with Crippen LogP contribution in [-0.4, -0.2) is 31.9 Å². The van der Waals surface area contributed by atoms with E-state index in [1.807, 2.05) is 6.08 Å². The summed E-state index contributed by atoms with van der Waals surface area (Å²) in [5.41, 5.74) is 1.19. The number of hydrogen-bond acceptors (Lipinski definition) is 4. The third kappa shape index (κ3) is 3.42. The molecular weight excluding hydrogens is 226 g/mol. The molecule has 0 atom stereocenters. The minimum atomic E-state index is -3.56. The van der Waals surface area contributed by atoms with Gasteiger partial charge >= 0.3 is 0 Å². The van der Waals surface area contributed by atoms with Crippen molar-refractivity contribution >= 4 is 15.0 Å². The molecule has 1 heterocycles. The fourth-order valence-corrected chi connectivity index (χ4v) is 2.48. The predicted octanol–water partition coefficient (Wildman–Crippen LogP) is 1.04. The zero-order valence-corrected chi connectivity index (χ0v) is 10.6. The van der Waals surface area contributed by atoms with Gasteiger partial charge in [0.05, 0.1) is 5.25 Å². The Bertz CT molecular complexity index is 382. The Morgan fingerprint density at radius 3 is 2.69 bits per heavy atom. The Morgan fingerprint density at radius 1 is 1.50 bits per heavy atom. The number of carbonyl (C=O) groups is 1. The second kappa shape index (κ2) is 5.59. The third-order valence-electron chi connectivity index (χ3n) is 2.75. The molecule has 0 aliphatic carbocycles. The molecule has 0 aromatic heterocycles. The Kier molecular flexibility index (Phi) is 4.68. The molecule has 0 spiro atoms. The van der Waals surface area contributed by atoms with E-state index in [0.29, 0.717) is 6.42 Å². The summed E-state index contributed by atoms with van der Waals surface area (Å²) in [4.78, 5) is 11.5. The Morgan fingerprint density at radius 2 is 2.19 bits per heavy atom. The number of sulfone groups is 1. The van der Waals surface area contributed by atoms with E-state index < -0.39 is 20.2 Å². The van der Waals surface area contributed by atoms with E-state index >= 15 is 0 Å². The lowest BCUT2D eigenvalue weighted by molar-refractivity contribution is -0.111. The molecule has 92 valence electrons. The van der Waals surface area contributed by atoms with E-state index in [2.05, 4.69) is 5.32 Å². The number of nitrogens with one attached hydrogen (secondary N) is 1. The van der Waals surface area contributed by atoms with E-state index in [4.69, 9.17) is 0 Å². The van der Waals surface area contributed by atoms with E-state index in [-0.39, 0.29) is 6.42 Å². The summed E-state index contributed by atoms with van der Waals surface area (Å²) in [6.45, 7) is 4.81. The molecule has 1 aliphatic rings. The van der Waals surface area contributed by atoms with E-state index in [0.717, 1.165) is 19.5 Å². The van der Waals surface area contributed by atoms with Crippen molar-refractivity contribution in [3.8, 4) is 0 Å². The quantitative estimate of drug-likeness (QED) is 0.752. The largest absolute Gasteiger partial charge is 0.313 e. The van der Waals surface area contributed by atoms with Crippen molar-refractivity contribution in [1.82, 2.24) is 5.32 Å². The Balaban J connectivity index is 2.50. The van der Waals surface area contributed by atoms with Gasteiger partial charge in [-0.2, -0.15) is 0 Å². The average Bonchev–Trinajstić information content (AvgIpc) is 2.27. The maximum atomic E-state index is 11.5. The van der Waals surface area contributed by atoms with Gasteiger partial charge in [-0.1, -0.05) is 11.6 Å². The summed E-state index contributed by atoms with van der Waals surface area (Å²) in [5, 5.41) is 1.94. The van der Waals surface area contributed by atoms with Crippen molar-refractivity contribution in [1.29, 1.82) is 0 Å². The van der Waals surface area contributed by atoms with Crippen LogP contribution in [-0.2, 0) is 14.6 Å². The minimum absolute atomic E-state index is 0.117. The van der Waals surface area contributed by atoms with Gasteiger partial charge in [0.2, 0.25) is 15.0 Å². The SMILES string of the molecule is CC(C)S(=O)(=O)C(=O)CCC1=CCNCC1. The maximum absolute atomic E-state index is 11.5. The first-order chi connectivity index (χ1) is 7.44. The van der Waals surface area contributed by atoms with Crippen LogP contribution in [0.15, 0.2) is 11.6 Å². The zero-order valence-electron chi connectivity index (χ0n) is 9.82. The van der Waals surface area contributed by atoms with Gasteiger partial charge in [-0.15, -0.1) is 0 Å². The van der Waals surface area contributed by atoms with Crippen LogP contribution in [0.4, 0.5) is 0 Å². The topological polar surface area (TPSA) is 63.2 Å². The van der Waals surface area contributed by atoms with Crippen molar-refractivity contribution in [3.05, 3.63) is 11.6 Å². The lowest BCUT2D eigenvalue weighted by atomic mass is 10.0. The van der Waals surface area contributed by atoms with E-state index in [9.17, 15) is 13.2 Å². The van der Waals surface area contributed by atoms with Gasteiger partial charge in [0.15, 0.2) is 0 Å². The van der Waals surface area contributed by atoms with Crippen LogP contribution in [0.5, 0.6) is 0 Å². The maximum Gasteiger partial charge on any atom is 0.246 e. The molecule has 0 amide bonds. The van der Waals surface area contributed by atoms with Crippen molar-refractivity contribution in [2.75, 3.05) is 13.1 Å². The second-order valence-corrected chi connectivity index (χ2v) is 6.77. The van der Waals surface area contributed by atoms with Crippen LogP contribution in [0.3, 0.4) is 0 Å². The standard InChI is InChI=1S/C11H19NO3S/c1-9(2)16(14,15)11(13)4-3-10-5-7-12-8-6-10/h5,9,12H,3-4,6-8H2,1-2H3. The molecule has 5 heteroatoms. The van der Waals surface area contributed by atoms with Crippen LogP contribution in [0.2, 0.25) is 0 Å². The molecule has 0 radical (unpaired) electrons. The van der Waals surface area contributed by atoms with Crippen LogP contribution >= 0.6 is 0 Å². The molecule has 1 N–H and O–H groups in total. The molecule has 0 aromatic carbocycles. The number of hydrogen-bond donors (Lipinski definition) is 1. The van der Waals surface area contributed by atoms with Crippen LogP contribution in [0.1, 0.15) is 33.1 Å². The van der Waals surface area contributed by atoms with E-state index in [1.54, 1.807) is 0 Å². The summed E-state index contributed by atoms with van der Waals surface area (Å²) in [6, 6.07) is 0. The molecule has 1 rings (SSSR count). The fourth-order valence-electron chi connectivity index (χ4n) is 1.56.